The Morgan fingerprint density at radius 2 is 1.89 bits per heavy atom. The maximum atomic E-state index is 12.1. The number of nitrogens with one attached hydrogen (secondary N) is 4. The van der Waals surface area contributed by atoms with E-state index in [-0.39, 0.29) is 6.42 Å². The number of hydrogen-bond acceptors (Lipinski definition) is 7. The molecule has 0 fully saturated rings. The van der Waals surface area contributed by atoms with Crippen molar-refractivity contribution >= 4 is 23.7 Å². The summed E-state index contributed by atoms with van der Waals surface area (Å²) in [6, 6.07) is -3.42. The van der Waals surface area contributed by atoms with Crippen LogP contribution in [0.4, 0.5) is 0 Å². The summed E-state index contributed by atoms with van der Waals surface area (Å²) in [6.45, 7) is 2.16. The number of nitrogens with zero attached hydrogens (tertiary/aromatic N) is 1. The van der Waals surface area contributed by atoms with Crippen molar-refractivity contribution in [3.63, 3.8) is 0 Å². The van der Waals surface area contributed by atoms with Gasteiger partial charge >= 0.3 is 5.97 Å². The third-order valence-electron chi connectivity index (χ3n) is 3.51. The van der Waals surface area contributed by atoms with Crippen molar-refractivity contribution in [1.29, 1.82) is 0 Å². The molecule has 0 saturated heterocycles. The number of aromatic amines is 1. The van der Waals surface area contributed by atoms with Crippen LogP contribution < -0.4 is 21.7 Å². The smallest absolute Gasteiger partial charge is 0.326 e. The van der Waals surface area contributed by atoms with Crippen LogP contribution in [0.15, 0.2) is 12.5 Å². The number of aromatic nitrogens is 2. The molecule has 27 heavy (non-hydrogen) atoms. The minimum atomic E-state index is -1.31. The Balaban J connectivity index is 2.58. The average Bonchev–Trinajstić information content (AvgIpc) is 3.09. The van der Waals surface area contributed by atoms with Gasteiger partial charge in [-0.1, -0.05) is 0 Å². The van der Waals surface area contributed by atoms with Crippen molar-refractivity contribution < 1.29 is 29.4 Å². The van der Waals surface area contributed by atoms with Crippen molar-refractivity contribution in [2.75, 3.05) is 6.54 Å². The fourth-order valence-electron chi connectivity index (χ4n) is 2.03. The van der Waals surface area contributed by atoms with Gasteiger partial charge in [-0.05, 0) is 13.8 Å². The number of imidazole rings is 1. The van der Waals surface area contributed by atoms with Crippen LogP contribution in [-0.4, -0.2) is 74.6 Å². The normalized spacial score (nSPS) is 15.1. The van der Waals surface area contributed by atoms with Gasteiger partial charge in [-0.3, -0.25) is 14.4 Å². The van der Waals surface area contributed by atoms with Gasteiger partial charge < -0.3 is 36.9 Å². The van der Waals surface area contributed by atoms with Crippen LogP contribution in [-0.2, 0) is 25.6 Å². The molecule has 12 heteroatoms. The van der Waals surface area contributed by atoms with E-state index in [0.29, 0.717) is 5.69 Å². The molecule has 1 aromatic rings. The molecule has 0 aromatic carbocycles. The Kier molecular flexibility index (Phi) is 8.35. The molecule has 0 saturated carbocycles. The topological polar surface area (TPSA) is 200 Å². The van der Waals surface area contributed by atoms with Crippen LogP contribution >= 0.6 is 0 Å². The summed E-state index contributed by atoms with van der Waals surface area (Å²) >= 11 is 0. The van der Waals surface area contributed by atoms with Crippen LogP contribution in [0.3, 0.4) is 0 Å². The largest absolute Gasteiger partial charge is 0.480 e. The summed E-state index contributed by atoms with van der Waals surface area (Å²) < 4.78 is 0. The van der Waals surface area contributed by atoms with Crippen molar-refractivity contribution in [2.24, 2.45) is 5.73 Å². The maximum Gasteiger partial charge on any atom is 0.326 e. The minimum absolute atomic E-state index is 0.0181. The Morgan fingerprint density at radius 1 is 1.22 bits per heavy atom. The first-order valence-electron chi connectivity index (χ1n) is 8.13. The molecule has 1 rings (SSSR count). The summed E-state index contributed by atoms with van der Waals surface area (Å²) in [5.74, 6) is -3.46. The number of nitrogens with two attached hydrogens (primary N) is 1. The number of carboxylic acids is 1. The van der Waals surface area contributed by atoms with E-state index in [1.165, 1.54) is 26.4 Å². The van der Waals surface area contributed by atoms with Gasteiger partial charge in [0.25, 0.3) is 0 Å². The predicted octanol–water partition coefficient (Wildman–Crippen LogP) is -3.15. The van der Waals surface area contributed by atoms with E-state index >= 15 is 0 Å². The van der Waals surface area contributed by atoms with Crippen LogP contribution in [0.1, 0.15) is 19.5 Å². The van der Waals surface area contributed by atoms with E-state index in [4.69, 9.17) is 5.73 Å². The number of aliphatic hydroxyl groups is 1. The molecule has 0 aliphatic rings. The first-order chi connectivity index (χ1) is 12.6. The summed E-state index contributed by atoms with van der Waals surface area (Å²) in [4.78, 5) is 53.3. The Labute approximate surface area is 154 Å². The van der Waals surface area contributed by atoms with Gasteiger partial charge in [0, 0.05) is 18.3 Å². The molecule has 8 N–H and O–H groups in total. The zero-order chi connectivity index (χ0) is 20.6. The lowest BCUT2D eigenvalue weighted by molar-refractivity contribution is -0.141. The number of rotatable bonds is 10. The lowest BCUT2D eigenvalue weighted by atomic mass is 10.1. The highest BCUT2D eigenvalue weighted by Crippen LogP contribution is 1.99. The Morgan fingerprint density at radius 3 is 2.37 bits per heavy atom. The molecule has 0 bridgehead atoms. The standard InChI is InChI=1S/C15H24N6O6/c1-7(16)13(24)21-12(8(2)22)14(25)18-5-11(23)20-10(15(26)27)3-9-4-17-6-19-9/h4,6-8,10,12,22H,3,5,16H2,1-2H3,(H,17,19)(H,18,25)(H,20,23)(H,21,24)(H,26,27). The Hall–Kier alpha value is -2.99. The maximum absolute atomic E-state index is 12.1. The molecule has 1 aromatic heterocycles. The molecule has 1 heterocycles. The monoisotopic (exact) mass is 384 g/mol. The van der Waals surface area contributed by atoms with Crippen LogP contribution in [0, 0.1) is 0 Å². The number of aliphatic hydroxyl groups excluding tert-OH is 1. The third-order valence-corrected chi connectivity index (χ3v) is 3.51. The summed E-state index contributed by atoms with van der Waals surface area (Å²) in [6.07, 6.45) is 1.56. The molecule has 150 valence electrons. The SMILES string of the molecule is CC(N)C(=O)NC(C(=O)NCC(=O)NC(Cc1cnc[nH]1)C(=O)O)C(C)O. The Bertz CT molecular complexity index is 660. The van der Waals surface area contributed by atoms with Crippen molar-refractivity contribution in [3.05, 3.63) is 18.2 Å². The zero-order valence-electron chi connectivity index (χ0n) is 14.9. The number of H-pyrrole nitrogens is 1. The fraction of sp³-hybridized carbons (Fsp3) is 0.533. The molecule has 0 aliphatic heterocycles. The number of amides is 3. The molecular weight excluding hydrogens is 360 g/mol. The molecule has 4 atom stereocenters. The highest BCUT2D eigenvalue weighted by atomic mass is 16.4. The molecule has 0 aliphatic carbocycles. The van der Waals surface area contributed by atoms with Gasteiger partial charge in [0.2, 0.25) is 17.7 Å². The lowest BCUT2D eigenvalue weighted by Gasteiger charge is -2.22. The molecule has 12 nitrogen and oxygen atoms in total. The fourth-order valence-corrected chi connectivity index (χ4v) is 2.03. The van der Waals surface area contributed by atoms with Crippen LogP contribution in [0.5, 0.6) is 0 Å². The van der Waals surface area contributed by atoms with Crippen LogP contribution in [0.25, 0.3) is 0 Å². The van der Waals surface area contributed by atoms with Gasteiger partial charge in [-0.25, -0.2) is 9.78 Å². The van der Waals surface area contributed by atoms with E-state index in [2.05, 4.69) is 25.9 Å². The molecule has 4 unspecified atom stereocenters. The second-order valence-electron chi connectivity index (χ2n) is 5.97. The summed E-state index contributed by atoms with van der Waals surface area (Å²) in [5.41, 5.74) is 5.91. The third kappa shape index (κ3) is 7.42. The number of carboxylic acid groups (broad SMARTS) is 1. The van der Waals surface area contributed by atoms with E-state index in [9.17, 15) is 29.4 Å². The predicted molar refractivity (Wildman–Crippen MR) is 92.1 cm³/mol. The highest BCUT2D eigenvalue weighted by molar-refractivity contribution is 5.92. The second kappa shape index (κ2) is 10.2. The van der Waals surface area contributed by atoms with E-state index in [1.54, 1.807) is 0 Å². The average molecular weight is 384 g/mol. The van der Waals surface area contributed by atoms with Crippen molar-refractivity contribution in [3.8, 4) is 0 Å². The van der Waals surface area contributed by atoms with E-state index < -0.39 is 54.5 Å². The van der Waals surface area contributed by atoms with Gasteiger partial charge in [0.15, 0.2) is 0 Å². The molecular formula is C15H24N6O6. The quantitative estimate of drug-likeness (QED) is 0.219. The number of hydrogen-bond donors (Lipinski definition) is 7. The number of carbonyl (C=O) groups is 4. The molecule has 0 spiro atoms. The van der Waals surface area contributed by atoms with Gasteiger partial charge in [-0.15, -0.1) is 0 Å². The first kappa shape index (κ1) is 22.1. The zero-order valence-corrected chi connectivity index (χ0v) is 14.9. The number of aliphatic carboxylic acids is 1. The molecule has 0 radical (unpaired) electrons. The minimum Gasteiger partial charge on any atom is -0.480 e. The van der Waals surface area contributed by atoms with Gasteiger partial charge in [0.05, 0.1) is 25.0 Å². The van der Waals surface area contributed by atoms with Crippen molar-refractivity contribution in [1.82, 2.24) is 25.9 Å². The van der Waals surface area contributed by atoms with Crippen LogP contribution in [0.2, 0.25) is 0 Å². The summed E-state index contributed by atoms with van der Waals surface area (Å²) in [7, 11) is 0. The second-order valence-corrected chi connectivity index (χ2v) is 5.97. The molecule has 3 amide bonds. The first-order valence-corrected chi connectivity index (χ1v) is 8.13. The summed E-state index contributed by atoms with van der Waals surface area (Å²) in [5, 5.41) is 25.6. The highest BCUT2D eigenvalue weighted by Gasteiger charge is 2.27. The lowest BCUT2D eigenvalue weighted by Crippen LogP contribution is -2.56. The number of carbonyl (C=O) groups excluding carboxylic acids is 3. The van der Waals surface area contributed by atoms with E-state index in [0.717, 1.165) is 0 Å². The van der Waals surface area contributed by atoms with Gasteiger partial charge in [-0.2, -0.15) is 0 Å². The van der Waals surface area contributed by atoms with E-state index in [1.807, 2.05) is 0 Å². The van der Waals surface area contributed by atoms with Crippen molar-refractivity contribution in [2.45, 2.75) is 44.5 Å². The van der Waals surface area contributed by atoms with Gasteiger partial charge in [0.1, 0.15) is 12.1 Å².